The van der Waals surface area contributed by atoms with Crippen LogP contribution in [0.3, 0.4) is 0 Å². The van der Waals surface area contributed by atoms with Gasteiger partial charge in [0.1, 0.15) is 12.1 Å². The summed E-state index contributed by atoms with van der Waals surface area (Å²) in [5, 5.41) is 1.00. The summed E-state index contributed by atoms with van der Waals surface area (Å²) in [5.74, 6) is 1.12. The maximum Gasteiger partial charge on any atom is 0.253 e. The second-order valence-electron chi connectivity index (χ2n) is 6.83. The van der Waals surface area contributed by atoms with E-state index in [9.17, 15) is 4.79 Å². The van der Waals surface area contributed by atoms with E-state index in [1.807, 2.05) is 23.1 Å². The summed E-state index contributed by atoms with van der Waals surface area (Å²) >= 11 is 0. The highest BCUT2D eigenvalue weighted by Crippen LogP contribution is 2.27. The first-order valence-electron chi connectivity index (χ1n) is 9.12. The zero-order valence-electron chi connectivity index (χ0n) is 14.1. The second kappa shape index (κ2) is 6.75. The highest BCUT2D eigenvalue weighted by molar-refractivity contribution is 6.00. The number of likely N-dealkylation sites (tertiary alicyclic amines) is 1. The monoisotopic (exact) mass is 324 g/mol. The predicted octanol–water partition coefficient (Wildman–Crippen LogP) is 3.25. The lowest BCUT2D eigenvalue weighted by Crippen LogP contribution is -2.31. The van der Waals surface area contributed by atoms with E-state index in [-0.39, 0.29) is 5.91 Å². The van der Waals surface area contributed by atoms with E-state index in [0.717, 1.165) is 61.3 Å². The summed E-state index contributed by atoms with van der Waals surface area (Å²) in [5.41, 5.74) is 1.68. The van der Waals surface area contributed by atoms with Crippen molar-refractivity contribution in [3.63, 3.8) is 0 Å². The lowest BCUT2D eigenvalue weighted by Gasteiger charge is -2.21. The summed E-state index contributed by atoms with van der Waals surface area (Å²) in [6, 6.07) is 5.87. The molecule has 24 heavy (non-hydrogen) atoms. The van der Waals surface area contributed by atoms with Crippen molar-refractivity contribution in [1.29, 1.82) is 0 Å². The van der Waals surface area contributed by atoms with Gasteiger partial charge in [-0.2, -0.15) is 0 Å². The molecule has 2 saturated heterocycles. The van der Waals surface area contributed by atoms with Crippen LogP contribution < -0.4 is 4.90 Å². The molecule has 5 heteroatoms. The van der Waals surface area contributed by atoms with Crippen LogP contribution >= 0.6 is 0 Å². The van der Waals surface area contributed by atoms with E-state index in [2.05, 4.69) is 14.9 Å². The van der Waals surface area contributed by atoms with Gasteiger partial charge in [0.15, 0.2) is 0 Å². The molecule has 4 rings (SSSR count). The van der Waals surface area contributed by atoms with Gasteiger partial charge in [0, 0.05) is 37.1 Å². The minimum absolute atomic E-state index is 0.148. The fourth-order valence-corrected chi connectivity index (χ4v) is 3.81. The van der Waals surface area contributed by atoms with Crippen LogP contribution in [0.1, 0.15) is 48.9 Å². The van der Waals surface area contributed by atoms with Crippen molar-refractivity contribution < 1.29 is 4.79 Å². The van der Waals surface area contributed by atoms with Crippen molar-refractivity contribution in [2.24, 2.45) is 0 Å². The Hall–Kier alpha value is -2.17. The van der Waals surface area contributed by atoms with Crippen LogP contribution in [0.5, 0.6) is 0 Å². The number of nitrogens with zero attached hydrogens (tertiary/aromatic N) is 4. The van der Waals surface area contributed by atoms with Gasteiger partial charge in [0.05, 0.1) is 5.52 Å². The first kappa shape index (κ1) is 15.4. The van der Waals surface area contributed by atoms with E-state index in [1.54, 1.807) is 6.33 Å². The molecule has 126 valence electrons. The molecule has 1 aromatic heterocycles. The van der Waals surface area contributed by atoms with E-state index >= 15 is 0 Å². The van der Waals surface area contributed by atoms with Gasteiger partial charge in [-0.1, -0.05) is 12.8 Å². The molecule has 0 atom stereocenters. The highest BCUT2D eigenvalue weighted by atomic mass is 16.2. The lowest BCUT2D eigenvalue weighted by atomic mass is 10.1. The smallest absolute Gasteiger partial charge is 0.253 e. The molecular formula is C19H24N4O. The zero-order valence-corrected chi connectivity index (χ0v) is 14.1. The van der Waals surface area contributed by atoms with Crippen molar-refractivity contribution in [2.75, 3.05) is 31.1 Å². The SMILES string of the molecule is O=C(c1ccc2ncnc(N3CCCC3)c2c1)N1CCCCCC1. The molecule has 0 spiro atoms. The molecule has 3 heterocycles. The van der Waals surface area contributed by atoms with Crippen molar-refractivity contribution in [3.05, 3.63) is 30.1 Å². The summed E-state index contributed by atoms with van der Waals surface area (Å²) in [6.07, 6.45) is 8.73. The molecule has 2 aliphatic heterocycles. The van der Waals surface area contributed by atoms with Gasteiger partial charge < -0.3 is 9.80 Å². The van der Waals surface area contributed by atoms with Crippen molar-refractivity contribution in [2.45, 2.75) is 38.5 Å². The average molecular weight is 324 g/mol. The third-order valence-electron chi connectivity index (χ3n) is 5.16. The number of aromatic nitrogens is 2. The third kappa shape index (κ3) is 2.95. The number of anilines is 1. The quantitative estimate of drug-likeness (QED) is 0.851. The standard InChI is InChI=1S/C19H24N4O/c24-19(23-11-3-1-2-4-12-23)15-7-8-17-16(13-15)18(21-14-20-17)22-9-5-6-10-22/h7-8,13-14H,1-6,9-12H2. The molecule has 0 aliphatic carbocycles. The minimum atomic E-state index is 0.148. The molecule has 0 saturated carbocycles. The Kier molecular flexibility index (Phi) is 4.32. The Morgan fingerprint density at radius 2 is 1.58 bits per heavy atom. The molecule has 2 aromatic rings. The fraction of sp³-hybridized carbons (Fsp3) is 0.526. The number of benzene rings is 1. The van der Waals surface area contributed by atoms with E-state index in [1.165, 1.54) is 25.7 Å². The Morgan fingerprint density at radius 3 is 2.33 bits per heavy atom. The Labute approximate surface area is 142 Å². The molecule has 2 fully saturated rings. The van der Waals surface area contributed by atoms with Gasteiger partial charge in [-0.3, -0.25) is 4.79 Å². The number of hydrogen-bond donors (Lipinski definition) is 0. The highest BCUT2D eigenvalue weighted by Gasteiger charge is 2.20. The Morgan fingerprint density at radius 1 is 0.875 bits per heavy atom. The molecule has 1 amide bonds. The molecule has 5 nitrogen and oxygen atoms in total. The van der Waals surface area contributed by atoms with Gasteiger partial charge >= 0.3 is 0 Å². The summed E-state index contributed by atoms with van der Waals surface area (Å²) < 4.78 is 0. The number of fused-ring (bicyclic) bond motifs is 1. The number of hydrogen-bond acceptors (Lipinski definition) is 4. The fourth-order valence-electron chi connectivity index (χ4n) is 3.81. The van der Waals surface area contributed by atoms with Crippen LogP contribution in [0.15, 0.2) is 24.5 Å². The van der Waals surface area contributed by atoms with E-state index in [0.29, 0.717) is 0 Å². The van der Waals surface area contributed by atoms with Crippen LogP contribution in [-0.4, -0.2) is 47.0 Å². The van der Waals surface area contributed by atoms with Crippen LogP contribution in [-0.2, 0) is 0 Å². The summed E-state index contributed by atoms with van der Waals surface area (Å²) in [4.78, 5) is 26.1. The Balaban J connectivity index is 1.68. The van der Waals surface area contributed by atoms with E-state index in [4.69, 9.17) is 0 Å². The molecule has 0 N–H and O–H groups in total. The minimum Gasteiger partial charge on any atom is -0.356 e. The topological polar surface area (TPSA) is 49.3 Å². The third-order valence-corrected chi connectivity index (χ3v) is 5.16. The molecule has 1 aromatic carbocycles. The van der Waals surface area contributed by atoms with Crippen molar-refractivity contribution >= 4 is 22.6 Å². The first-order valence-corrected chi connectivity index (χ1v) is 9.12. The maximum absolute atomic E-state index is 12.9. The van der Waals surface area contributed by atoms with Crippen LogP contribution in [0.4, 0.5) is 5.82 Å². The number of carbonyl (C=O) groups excluding carboxylic acids is 1. The lowest BCUT2D eigenvalue weighted by molar-refractivity contribution is 0.0762. The molecule has 0 unspecified atom stereocenters. The van der Waals surface area contributed by atoms with Gasteiger partial charge in [0.2, 0.25) is 0 Å². The van der Waals surface area contributed by atoms with Crippen LogP contribution in [0, 0.1) is 0 Å². The first-order chi connectivity index (χ1) is 11.8. The predicted molar refractivity (Wildman–Crippen MR) is 95.4 cm³/mol. The molecule has 0 radical (unpaired) electrons. The molecule has 0 bridgehead atoms. The molecular weight excluding hydrogens is 300 g/mol. The summed E-state index contributed by atoms with van der Waals surface area (Å²) in [7, 11) is 0. The normalized spacial score (nSPS) is 18.8. The van der Waals surface area contributed by atoms with Gasteiger partial charge in [0.25, 0.3) is 5.91 Å². The van der Waals surface area contributed by atoms with Crippen LogP contribution in [0.2, 0.25) is 0 Å². The van der Waals surface area contributed by atoms with E-state index < -0.39 is 0 Å². The zero-order chi connectivity index (χ0) is 16.4. The van der Waals surface area contributed by atoms with Crippen LogP contribution in [0.25, 0.3) is 10.9 Å². The number of rotatable bonds is 2. The maximum atomic E-state index is 12.9. The van der Waals surface area contributed by atoms with Gasteiger partial charge in [-0.25, -0.2) is 9.97 Å². The molecule has 2 aliphatic rings. The average Bonchev–Trinajstić information content (AvgIpc) is 3.02. The largest absolute Gasteiger partial charge is 0.356 e. The van der Waals surface area contributed by atoms with Crippen molar-refractivity contribution in [1.82, 2.24) is 14.9 Å². The second-order valence-corrected chi connectivity index (χ2v) is 6.83. The number of carbonyl (C=O) groups is 1. The summed E-state index contributed by atoms with van der Waals surface area (Å²) in [6.45, 7) is 3.83. The van der Waals surface area contributed by atoms with Gasteiger partial charge in [-0.15, -0.1) is 0 Å². The number of amides is 1. The van der Waals surface area contributed by atoms with Gasteiger partial charge in [-0.05, 0) is 43.9 Å². The Bertz CT molecular complexity index is 731. The van der Waals surface area contributed by atoms with Crippen molar-refractivity contribution in [3.8, 4) is 0 Å².